The summed E-state index contributed by atoms with van der Waals surface area (Å²) < 4.78 is 5.54. The highest BCUT2D eigenvalue weighted by Crippen LogP contribution is 2.18. The third-order valence-electron chi connectivity index (χ3n) is 2.64. The lowest BCUT2D eigenvalue weighted by Gasteiger charge is -2.15. The number of rotatable bonds is 4. The van der Waals surface area contributed by atoms with Gasteiger partial charge in [-0.15, -0.1) is 0 Å². The highest BCUT2D eigenvalue weighted by atomic mass is 16.5. The molecule has 19 heavy (non-hydrogen) atoms. The standard InChI is InChI=1S/C15H16N2O2/c1-11(19-12-7-3-2-4-8-12)15(18)17-14-10-6-5-9-13(14)16/h2-11H,16H2,1H3,(H,17,18). The Kier molecular flexibility index (Phi) is 4.03. The number of ether oxygens (including phenoxy) is 1. The number of para-hydroxylation sites is 3. The second kappa shape index (κ2) is 5.91. The predicted molar refractivity (Wildman–Crippen MR) is 76.0 cm³/mol. The molecule has 0 saturated heterocycles. The summed E-state index contributed by atoms with van der Waals surface area (Å²) in [7, 11) is 0. The number of nitrogens with two attached hydrogens (primary N) is 1. The molecule has 1 atom stereocenters. The van der Waals surface area contributed by atoms with E-state index in [1.807, 2.05) is 30.3 Å². The molecule has 1 unspecified atom stereocenters. The fourth-order valence-corrected chi connectivity index (χ4v) is 1.60. The van der Waals surface area contributed by atoms with Crippen molar-refractivity contribution in [1.29, 1.82) is 0 Å². The van der Waals surface area contributed by atoms with E-state index >= 15 is 0 Å². The summed E-state index contributed by atoms with van der Waals surface area (Å²) in [6.45, 7) is 1.70. The van der Waals surface area contributed by atoms with Crippen LogP contribution in [0.15, 0.2) is 54.6 Å². The van der Waals surface area contributed by atoms with Gasteiger partial charge in [-0.05, 0) is 31.2 Å². The minimum absolute atomic E-state index is 0.234. The summed E-state index contributed by atoms with van der Waals surface area (Å²) in [4.78, 5) is 12.0. The molecule has 0 heterocycles. The summed E-state index contributed by atoms with van der Waals surface area (Å²) >= 11 is 0. The van der Waals surface area contributed by atoms with E-state index in [0.717, 1.165) is 0 Å². The highest BCUT2D eigenvalue weighted by Gasteiger charge is 2.15. The van der Waals surface area contributed by atoms with Crippen molar-refractivity contribution in [2.24, 2.45) is 0 Å². The summed E-state index contributed by atoms with van der Waals surface area (Å²) in [6, 6.07) is 16.3. The molecule has 3 N–H and O–H groups in total. The first-order chi connectivity index (χ1) is 9.16. The van der Waals surface area contributed by atoms with Crippen LogP contribution in [0.1, 0.15) is 6.92 Å². The number of nitrogens with one attached hydrogen (secondary N) is 1. The largest absolute Gasteiger partial charge is 0.481 e. The first-order valence-corrected chi connectivity index (χ1v) is 6.04. The maximum Gasteiger partial charge on any atom is 0.265 e. The summed E-state index contributed by atoms with van der Waals surface area (Å²) in [5.74, 6) is 0.424. The summed E-state index contributed by atoms with van der Waals surface area (Å²) in [5.41, 5.74) is 6.89. The van der Waals surface area contributed by atoms with Gasteiger partial charge in [0.25, 0.3) is 5.91 Å². The maximum absolute atomic E-state index is 12.0. The van der Waals surface area contributed by atoms with Crippen LogP contribution in [-0.4, -0.2) is 12.0 Å². The molecule has 0 aliphatic rings. The Hall–Kier alpha value is -2.49. The number of carbonyl (C=O) groups excluding carboxylic acids is 1. The van der Waals surface area contributed by atoms with Gasteiger partial charge in [0.2, 0.25) is 0 Å². The van der Waals surface area contributed by atoms with Crippen LogP contribution in [0.3, 0.4) is 0 Å². The lowest BCUT2D eigenvalue weighted by molar-refractivity contribution is -0.122. The Morgan fingerprint density at radius 2 is 1.74 bits per heavy atom. The molecule has 4 nitrogen and oxygen atoms in total. The molecule has 0 aromatic heterocycles. The van der Waals surface area contributed by atoms with Crippen molar-refractivity contribution >= 4 is 17.3 Å². The van der Waals surface area contributed by atoms with Gasteiger partial charge in [0, 0.05) is 0 Å². The Morgan fingerprint density at radius 3 is 2.42 bits per heavy atom. The second-order valence-corrected chi connectivity index (χ2v) is 4.15. The van der Waals surface area contributed by atoms with E-state index in [1.54, 1.807) is 31.2 Å². The quantitative estimate of drug-likeness (QED) is 0.827. The first-order valence-electron chi connectivity index (χ1n) is 6.04. The van der Waals surface area contributed by atoms with Crippen molar-refractivity contribution in [3.8, 4) is 5.75 Å². The lowest BCUT2D eigenvalue weighted by atomic mass is 10.2. The molecule has 0 saturated carbocycles. The fourth-order valence-electron chi connectivity index (χ4n) is 1.60. The average molecular weight is 256 g/mol. The Labute approximate surface area is 112 Å². The van der Waals surface area contributed by atoms with Gasteiger partial charge in [0.15, 0.2) is 6.10 Å². The van der Waals surface area contributed by atoms with Crippen LogP contribution in [-0.2, 0) is 4.79 Å². The maximum atomic E-state index is 12.0. The van der Waals surface area contributed by atoms with Crippen LogP contribution in [0.4, 0.5) is 11.4 Å². The smallest absolute Gasteiger partial charge is 0.265 e. The minimum atomic E-state index is -0.595. The normalized spacial score (nSPS) is 11.6. The highest BCUT2D eigenvalue weighted by molar-refractivity contribution is 5.96. The molecular formula is C15H16N2O2. The third-order valence-corrected chi connectivity index (χ3v) is 2.64. The van der Waals surface area contributed by atoms with Crippen LogP contribution in [0.25, 0.3) is 0 Å². The van der Waals surface area contributed by atoms with E-state index in [4.69, 9.17) is 10.5 Å². The third kappa shape index (κ3) is 3.48. The van der Waals surface area contributed by atoms with Crippen molar-refractivity contribution in [3.63, 3.8) is 0 Å². The van der Waals surface area contributed by atoms with Gasteiger partial charge in [-0.2, -0.15) is 0 Å². The number of hydrogen-bond donors (Lipinski definition) is 2. The SMILES string of the molecule is CC(Oc1ccccc1)C(=O)Nc1ccccc1N. The number of benzene rings is 2. The predicted octanol–water partition coefficient (Wildman–Crippen LogP) is 2.67. The van der Waals surface area contributed by atoms with Crippen molar-refractivity contribution < 1.29 is 9.53 Å². The van der Waals surface area contributed by atoms with Crippen molar-refractivity contribution in [2.45, 2.75) is 13.0 Å². The van der Waals surface area contributed by atoms with E-state index in [9.17, 15) is 4.79 Å². The average Bonchev–Trinajstić information content (AvgIpc) is 2.42. The van der Waals surface area contributed by atoms with Gasteiger partial charge in [-0.3, -0.25) is 4.79 Å². The molecule has 0 fully saturated rings. The van der Waals surface area contributed by atoms with Gasteiger partial charge in [0.05, 0.1) is 11.4 Å². The van der Waals surface area contributed by atoms with Crippen molar-refractivity contribution in [3.05, 3.63) is 54.6 Å². The topological polar surface area (TPSA) is 64.3 Å². The molecule has 2 aromatic carbocycles. The van der Waals surface area contributed by atoms with Crippen LogP contribution in [0.5, 0.6) is 5.75 Å². The zero-order valence-corrected chi connectivity index (χ0v) is 10.7. The molecule has 0 spiro atoms. The van der Waals surface area contributed by atoms with E-state index in [0.29, 0.717) is 17.1 Å². The van der Waals surface area contributed by atoms with Gasteiger partial charge in [-0.1, -0.05) is 30.3 Å². The van der Waals surface area contributed by atoms with E-state index in [2.05, 4.69) is 5.32 Å². The van der Waals surface area contributed by atoms with E-state index in [-0.39, 0.29) is 5.91 Å². The van der Waals surface area contributed by atoms with E-state index in [1.165, 1.54) is 0 Å². The first kappa shape index (κ1) is 13.0. The number of hydrogen-bond acceptors (Lipinski definition) is 3. The van der Waals surface area contributed by atoms with E-state index < -0.39 is 6.10 Å². The molecule has 98 valence electrons. The second-order valence-electron chi connectivity index (χ2n) is 4.15. The van der Waals surface area contributed by atoms with Gasteiger partial charge in [-0.25, -0.2) is 0 Å². The molecule has 0 radical (unpaired) electrons. The van der Waals surface area contributed by atoms with Crippen LogP contribution >= 0.6 is 0 Å². The van der Waals surface area contributed by atoms with Crippen LogP contribution < -0.4 is 15.8 Å². The monoisotopic (exact) mass is 256 g/mol. The summed E-state index contributed by atoms with van der Waals surface area (Å²) in [5, 5.41) is 2.74. The van der Waals surface area contributed by atoms with Crippen molar-refractivity contribution in [2.75, 3.05) is 11.1 Å². The Bertz CT molecular complexity index is 555. The van der Waals surface area contributed by atoms with Crippen LogP contribution in [0, 0.1) is 0 Å². The van der Waals surface area contributed by atoms with Gasteiger partial charge >= 0.3 is 0 Å². The summed E-state index contributed by atoms with van der Waals surface area (Å²) in [6.07, 6.45) is -0.595. The van der Waals surface area contributed by atoms with Gasteiger partial charge in [0.1, 0.15) is 5.75 Å². The zero-order valence-electron chi connectivity index (χ0n) is 10.7. The van der Waals surface area contributed by atoms with Gasteiger partial charge < -0.3 is 15.8 Å². The molecule has 0 aliphatic heterocycles. The fraction of sp³-hybridized carbons (Fsp3) is 0.133. The zero-order chi connectivity index (χ0) is 13.7. The molecule has 0 aliphatic carbocycles. The number of nitrogen functional groups attached to an aromatic ring is 1. The molecular weight excluding hydrogens is 240 g/mol. The Balaban J connectivity index is 1.99. The molecule has 2 rings (SSSR count). The number of amides is 1. The molecule has 2 aromatic rings. The molecule has 4 heteroatoms. The molecule has 0 bridgehead atoms. The molecule has 1 amide bonds. The minimum Gasteiger partial charge on any atom is -0.481 e. The lowest BCUT2D eigenvalue weighted by Crippen LogP contribution is -2.30. The van der Waals surface area contributed by atoms with Crippen LogP contribution in [0.2, 0.25) is 0 Å². The Morgan fingerprint density at radius 1 is 1.11 bits per heavy atom. The number of carbonyl (C=O) groups is 1. The van der Waals surface area contributed by atoms with Crippen molar-refractivity contribution in [1.82, 2.24) is 0 Å². The number of anilines is 2.